The van der Waals surface area contributed by atoms with Crippen molar-refractivity contribution in [1.82, 2.24) is 9.80 Å². The number of phenols is 1. The quantitative estimate of drug-likeness (QED) is 0.714. The van der Waals surface area contributed by atoms with Crippen molar-refractivity contribution in [3.63, 3.8) is 0 Å². The monoisotopic (exact) mass is 440 g/mol. The van der Waals surface area contributed by atoms with Gasteiger partial charge in [-0.25, -0.2) is 0 Å². The number of carbonyl (C=O) groups is 2. The fourth-order valence-electron chi connectivity index (χ4n) is 3.75. The predicted octanol–water partition coefficient (Wildman–Crippen LogP) is 3.42. The minimum atomic E-state index is -0.656. The number of hydrogen-bond acceptors (Lipinski definition) is 5. The zero-order valence-corrected chi connectivity index (χ0v) is 19.2. The van der Waals surface area contributed by atoms with Gasteiger partial charge in [-0.3, -0.25) is 9.59 Å². The van der Waals surface area contributed by atoms with Crippen LogP contribution in [0.3, 0.4) is 0 Å². The van der Waals surface area contributed by atoms with Crippen molar-refractivity contribution in [3.8, 4) is 17.2 Å². The van der Waals surface area contributed by atoms with Gasteiger partial charge in [-0.15, -0.1) is 0 Å². The van der Waals surface area contributed by atoms with Crippen LogP contribution >= 0.6 is 0 Å². The van der Waals surface area contributed by atoms with Crippen LogP contribution in [0.4, 0.5) is 0 Å². The number of aromatic hydroxyl groups is 1. The van der Waals surface area contributed by atoms with Crippen LogP contribution in [0.1, 0.15) is 39.2 Å². The van der Waals surface area contributed by atoms with Crippen LogP contribution in [-0.2, 0) is 9.59 Å². The Balaban J connectivity index is 1.51. The molecule has 0 aliphatic carbocycles. The first kappa shape index (κ1) is 23.4. The van der Waals surface area contributed by atoms with Crippen molar-refractivity contribution in [3.05, 3.63) is 54.1 Å². The van der Waals surface area contributed by atoms with Crippen molar-refractivity contribution in [2.45, 2.75) is 45.8 Å². The highest BCUT2D eigenvalue weighted by Gasteiger charge is 2.30. The highest BCUT2D eigenvalue weighted by Crippen LogP contribution is 2.27. The van der Waals surface area contributed by atoms with Crippen LogP contribution in [0.15, 0.2) is 48.5 Å². The summed E-state index contributed by atoms with van der Waals surface area (Å²) in [6.45, 7) is 9.46. The van der Waals surface area contributed by atoms with Gasteiger partial charge in [0.15, 0.2) is 12.2 Å². The molecule has 172 valence electrons. The first-order valence-electron chi connectivity index (χ1n) is 11.0. The molecule has 0 spiro atoms. The number of rotatable bonds is 7. The first-order valence-corrected chi connectivity index (χ1v) is 11.0. The van der Waals surface area contributed by atoms with Gasteiger partial charge in [0, 0.05) is 26.2 Å². The van der Waals surface area contributed by atoms with E-state index < -0.39 is 12.2 Å². The Morgan fingerprint density at radius 3 is 1.81 bits per heavy atom. The minimum Gasteiger partial charge on any atom is -0.508 e. The lowest BCUT2D eigenvalue weighted by molar-refractivity contribution is -0.146. The molecule has 7 nitrogen and oxygen atoms in total. The normalized spacial score (nSPS) is 15.9. The minimum absolute atomic E-state index is 0.0796. The Labute approximate surface area is 189 Å². The molecule has 2 amide bonds. The van der Waals surface area contributed by atoms with Crippen molar-refractivity contribution < 1.29 is 24.2 Å². The third kappa shape index (κ3) is 5.72. The Morgan fingerprint density at radius 2 is 1.28 bits per heavy atom. The molecule has 2 aromatic carbocycles. The number of benzene rings is 2. The van der Waals surface area contributed by atoms with E-state index in [-0.39, 0.29) is 17.6 Å². The molecule has 7 heteroatoms. The lowest BCUT2D eigenvalue weighted by Crippen LogP contribution is -2.55. The summed E-state index contributed by atoms with van der Waals surface area (Å²) < 4.78 is 11.7. The molecular weight excluding hydrogens is 408 g/mol. The second kappa shape index (κ2) is 10.4. The molecule has 0 saturated carbocycles. The summed E-state index contributed by atoms with van der Waals surface area (Å²) in [6, 6.07) is 14.1. The Morgan fingerprint density at radius 1 is 0.781 bits per heavy atom. The van der Waals surface area contributed by atoms with Gasteiger partial charge >= 0.3 is 0 Å². The molecule has 1 saturated heterocycles. The molecular formula is C25H32N2O5. The van der Waals surface area contributed by atoms with Crippen LogP contribution in [0.2, 0.25) is 0 Å². The summed E-state index contributed by atoms with van der Waals surface area (Å²) in [7, 11) is 0. The molecule has 32 heavy (non-hydrogen) atoms. The highest BCUT2D eigenvalue weighted by molar-refractivity contribution is 5.83. The fourth-order valence-corrected chi connectivity index (χ4v) is 3.75. The van der Waals surface area contributed by atoms with Crippen molar-refractivity contribution in [2.75, 3.05) is 26.2 Å². The van der Waals surface area contributed by atoms with Gasteiger partial charge < -0.3 is 24.4 Å². The van der Waals surface area contributed by atoms with E-state index >= 15 is 0 Å². The molecule has 3 rings (SSSR count). The second-order valence-electron chi connectivity index (χ2n) is 8.36. The van der Waals surface area contributed by atoms with Gasteiger partial charge in [-0.05, 0) is 55.7 Å². The number of nitrogens with zero attached hydrogens (tertiary/aromatic N) is 2. The summed E-state index contributed by atoms with van der Waals surface area (Å²) in [4.78, 5) is 29.1. The van der Waals surface area contributed by atoms with E-state index in [0.717, 1.165) is 11.3 Å². The standard InChI is InChI=1S/C25H32N2O5/c1-17(2)22-7-5-6-8-23(22)32-19(4)25(30)27-15-13-26(14-16-27)24(29)18(3)31-21-11-9-20(28)10-12-21/h5-12,17-19,28H,13-16H2,1-4H3. The zero-order valence-electron chi connectivity index (χ0n) is 19.2. The highest BCUT2D eigenvalue weighted by atomic mass is 16.5. The number of piperazine rings is 1. The molecule has 1 N–H and O–H groups in total. The maximum Gasteiger partial charge on any atom is 0.263 e. The van der Waals surface area contributed by atoms with Gasteiger partial charge in [-0.1, -0.05) is 32.0 Å². The third-order valence-corrected chi connectivity index (χ3v) is 5.59. The van der Waals surface area contributed by atoms with E-state index in [1.165, 1.54) is 12.1 Å². The van der Waals surface area contributed by atoms with Gasteiger partial charge in [0.1, 0.15) is 17.2 Å². The summed E-state index contributed by atoms with van der Waals surface area (Å²) in [5.74, 6) is 1.49. The molecule has 2 atom stereocenters. The molecule has 0 radical (unpaired) electrons. The van der Waals surface area contributed by atoms with E-state index in [1.54, 1.807) is 35.8 Å². The first-order chi connectivity index (χ1) is 15.3. The lowest BCUT2D eigenvalue weighted by atomic mass is 10.0. The van der Waals surface area contributed by atoms with Crippen LogP contribution < -0.4 is 9.47 Å². The number of carbonyl (C=O) groups excluding carboxylic acids is 2. The number of hydrogen-bond donors (Lipinski definition) is 1. The molecule has 2 unspecified atom stereocenters. The average molecular weight is 441 g/mol. The molecule has 0 aromatic heterocycles. The summed E-state index contributed by atoms with van der Waals surface area (Å²) in [6.07, 6.45) is -1.26. The SMILES string of the molecule is CC(Oc1ccc(O)cc1)C(=O)N1CCN(C(=O)C(C)Oc2ccccc2C(C)C)CC1. The van der Waals surface area contributed by atoms with Crippen molar-refractivity contribution >= 4 is 11.8 Å². The Kier molecular flexibility index (Phi) is 7.62. The zero-order chi connectivity index (χ0) is 23.3. The van der Waals surface area contributed by atoms with E-state index in [9.17, 15) is 14.7 Å². The Hall–Kier alpha value is -3.22. The third-order valence-electron chi connectivity index (χ3n) is 5.59. The summed E-state index contributed by atoms with van der Waals surface area (Å²) >= 11 is 0. The molecule has 2 aromatic rings. The van der Waals surface area contributed by atoms with E-state index in [4.69, 9.17) is 9.47 Å². The van der Waals surface area contributed by atoms with Gasteiger partial charge in [0.2, 0.25) is 0 Å². The van der Waals surface area contributed by atoms with Crippen LogP contribution in [-0.4, -0.2) is 65.1 Å². The summed E-state index contributed by atoms with van der Waals surface area (Å²) in [5.41, 5.74) is 1.07. The number of amides is 2. The molecule has 1 aliphatic heterocycles. The molecule has 1 fully saturated rings. The van der Waals surface area contributed by atoms with Crippen molar-refractivity contribution in [1.29, 1.82) is 0 Å². The maximum absolute atomic E-state index is 12.9. The number of phenolic OH excluding ortho intramolecular Hbond substituents is 1. The van der Waals surface area contributed by atoms with E-state index in [1.807, 2.05) is 24.3 Å². The van der Waals surface area contributed by atoms with Gasteiger partial charge in [-0.2, -0.15) is 0 Å². The van der Waals surface area contributed by atoms with E-state index in [2.05, 4.69) is 13.8 Å². The predicted molar refractivity (Wildman–Crippen MR) is 122 cm³/mol. The van der Waals surface area contributed by atoms with Crippen LogP contribution in [0.25, 0.3) is 0 Å². The smallest absolute Gasteiger partial charge is 0.263 e. The van der Waals surface area contributed by atoms with Crippen LogP contribution in [0.5, 0.6) is 17.2 Å². The topological polar surface area (TPSA) is 79.3 Å². The molecule has 0 bridgehead atoms. The number of para-hydroxylation sites is 1. The second-order valence-corrected chi connectivity index (χ2v) is 8.36. The fraction of sp³-hybridized carbons (Fsp3) is 0.440. The lowest BCUT2D eigenvalue weighted by Gasteiger charge is -2.37. The summed E-state index contributed by atoms with van der Waals surface area (Å²) in [5, 5.41) is 9.36. The largest absolute Gasteiger partial charge is 0.508 e. The van der Waals surface area contributed by atoms with Crippen LogP contribution in [0, 0.1) is 0 Å². The van der Waals surface area contributed by atoms with Gasteiger partial charge in [0.05, 0.1) is 0 Å². The molecule has 1 heterocycles. The van der Waals surface area contributed by atoms with Gasteiger partial charge in [0.25, 0.3) is 11.8 Å². The van der Waals surface area contributed by atoms with E-state index in [0.29, 0.717) is 37.8 Å². The Bertz CT molecular complexity index is 920. The van der Waals surface area contributed by atoms with Crippen molar-refractivity contribution in [2.24, 2.45) is 0 Å². The maximum atomic E-state index is 12.9. The average Bonchev–Trinajstić information content (AvgIpc) is 2.79. The molecule has 1 aliphatic rings. The number of ether oxygens (including phenoxy) is 2.